The van der Waals surface area contributed by atoms with Crippen molar-refractivity contribution < 1.29 is 98.5 Å². The third kappa shape index (κ3) is 8.76. The second kappa shape index (κ2) is 17.5. The Bertz CT molecular complexity index is 1550. The van der Waals surface area contributed by atoms with E-state index in [1.165, 1.54) is 51.5 Å². The van der Waals surface area contributed by atoms with Crippen LogP contribution in [-0.2, 0) is 39.6 Å². The lowest BCUT2D eigenvalue weighted by Gasteiger charge is -2.47. The van der Waals surface area contributed by atoms with Crippen LogP contribution in [0.3, 0.4) is 0 Å². The number of rotatable bonds is 14. The molecular weight excluding hydrogens is 728 g/mol. The van der Waals surface area contributed by atoms with E-state index in [0.717, 1.165) is 0 Å². The van der Waals surface area contributed by atoms with E-state index in [0.29, 0.717) is 5.56 Å². The minimum atomic E-state index is -2.25. The topological polar surface area (TPSA) is 302 Å². The molecule has 20 nitrogen and oxygen atoms in total. The number of hydrogen-bond donors (Lipinski definition) is 10. The summed E-state index contributed by atoms with van der Waals surface area (Å²) in [6.07, 6.45) is -18.9. The molecule has 3 fully saturated rings. The molecule has 54 heavy (non-hydrogen) atoms. The Balaban J connectivity index is 1.31. The van der Waals surface area contributed by atoms with Crippen LogP contribution in [0.5, 0.6) is 28.7 Å². The molecule has 0 aliphatic carbocycles. The smallest absolute Gasteiger partial charge is 0.338 e. The van der Waals surface area contributed by atoms with Crippen LogP contribution in [0.25, 0.3) is 0 Å². The molecule has 3 aliphatic rings. The number of phenols is 3. The van der Waals surface area contributed by atoms with Crippen molar-refractivity contribution in [3.63, 3.8) is 0 Å². The fourth-order valence-corrected chi connectivity index (χ4v) is 6.12. The van der Waals surface area contributed by atoms with Crippen molar-refractivity contribution in [2.45, 2.75) is 92.8 Å². The average Bonchev–Trinajstić information content (AvgIpc) is 3.44. The lowest BCUT2D eigenvalue weighted by molar-refractivity contribution is -0.371. The van der Waals surface area contributed by atoms with Gasteiger partial charge in [0.25, 0.3) is 0 Å². The molecule has 0 spiro atoms. The molecule has 0 amide bonds. The third-order valence-electron chi connectivity index (χ3n) is 9.37. The van der Waals surface area contributed by atoms with Crippen molar-refractivity contribution in [3.8, 4) is 28.7 Å². The Hall–Kier alpha value is -3.61. The highest BCUT2D eigenvalue weighted by atomic mass is 16.8. The van der Waals surface area contributed by atoms with Crippen molar-refractivity contribution in [2.24, 2.45) is 0 Å². The van der Waals surface area contributed by atoms with Gasteiger partial charge in [-0.3, -0.25) is 0 Å². The number of carbonyl (C=O) groups excluding carboxylic acids is 1. The zero-order chi connectivity index (χ0) is 39.5. The monoisotopic (exact) mass is 774 g/mol. The van der Waals surface area contributed by atoms with E-state index in [9.17, 15) is 55.9 Å². The van der Waals surface area contributed by atoms with Gasteiger partial charge in [0.1, 0.15) is 55.4 Å². The molecule has 5 rings (SSSR count). The van der Waals surface area contributed by atoms with Gasteiger partial charge in [-0.15, -0.1) is 0 Å². The van der Waals surface area contributed by atoms with Crippen LogP contribution < -0.4 is 9.47 Å². The summed E-state index contributed by atoms with van der Waals surface area (Å²) >= 11 is 0. The number of methoxy groups -OCH3 is 2. The standard InChI is InChI=1S/C34H46O20/c1-14-22(38)24(40)25(41)31(51-14)53-27-21(11-35)52-32(48-7-6-15-4-5-17(36)18(37)8-15)28(26(27)42)54-33-29(43)34(45,13-50-33)12-49-30(44)16-9-19(46-2)23(39)20(10-16)47-3/h4-5,8-10,14,21-22,24-29,31-33,35-43,45H,6-7,11-13H2,1-3H3/t14-,21+,22-,24+,25+,26-,27?,28+,29-,31-,32+,33-,34+/m0/s1. The van der Waals surface area contributed by atoms with Crippen LogP contribution >= 0.6 is 0 Å². The van der Waals surface area contributed by atoms with E-state index in [2.05, 4.69) is 0 Å². The minimum absolute atomic E-state index is 0.0949. The number of ether oxygens (including phenoxy) is 9. The highest BCUT2D eigenvalue weighted by molar-refractivity contribution is 5.91. The fraction of sp³-hybridized carbons (Fsp3) is 0.618. The number of carbonyl (C=O) groups is 1. The molecule has 2 aromatic rings. The fourth-order valence-electron chi connectivity index (χ4n) is 6.12. The van der Waals surface area contributed by atoms with Crippen LogP contribution in [0.15, 0.2) is 30.3 Å². The van der Waals surface area contributed by atoms with Gasteiger partial charge in [0.15, 0.2) is 47.5 Å². The Morgan fingerprint density at radius 1 is 0.833 bits per heavy atom. The van der Waals surface area contributed by atoms with Gasteiger partial charge < -0.3 is 93.7 Å². The second-order valence-corrected chi connectivity index (χ2v) is 13.1. The van der Waals surface area contributed by atoms with E-state index in [-0.39, 0.29) is 47.3 Å². The summed E-state index contributed by atoms with van der Waals surface area (Å²) in [5.74, 6) is -2.25. The average molecular weight is 775 g/mol. The first-order valence-corrected chi connectivity index (χ1v) is 16.8. The van der Waals surface area contributed by atoms with Gasteiger partial charge in [0.05, 0.1) is 45.7 Å². The number of hydrogen-bond acceptors (Lipinski definition) is 20. The Morgan fingerprint density at radius 2 is 1.50 bits per heavy atom. The molecule has 0 radical (unpaired) electrons. The summed E-state index contributed by atoms with van der Waals surface area (Å²) in [5.41, 5.74) is -1.83. The summed E-state index contributed by atoms with van der Waals surface area (Å²) in [7, 11) is 2.51. The normalized spacial score (nSPS) is 35.4. The number of benzene rings is 2. The summed E-state index contributed by atoms with van der Waals surface area (Å²) in [5, 5.41) is 105. The van der Waals surface area contributed by atoms with Crippen molar-refractivity contribution in [3.05, 3.63) is 41.5 Å². The van der Waals surface area contributed by atoms with Gasteiger partial charge in [0.2, 0.25) is 5.75 Å². The number of aliphatic hydroxyl groups excluding tert-OH is 6. The zero-order valence-corrected chi connectivity index (χ0v) is 29.4. The maximum absolute atomic E-state index is 12.9. The number of esters is 1. The lowest BCUT2D eigenvalue weighted by atomic mass is 9.96. The Labute approximate surface area is 308 Å². The summed E-state index contributed by atoms with van der Waals surface area (Å²) in [6, 6.07) is 6.44. The number of aliphatic hydroxyl groups is 7. The van der Waals surface area contributed by atoms with E-state index in [1.807, 2.05) is 0 Å². The molecule has 13 atom stereocenters. The molecule has 0 saturated carbocycles. The summed E-state index contributed by atoms with van der Waals surface area (Å²) in [4.78, 5) is 12.9. The highest BCUT2D eigenvalue weighted by Gasteiger charge is 2.55. The SMILES string of the molecule is COc1cc(C(=O)OC[C@@]2(O)CO[C@@H](O[C@H]3[C@H](OCCc4ccc(O)c(O)c4)O[C@H](CO)C(O[C@@H]4O[C@@H](C)[C@H](O)[C@@H](O)[C@H]4O)[C@@H]3O)[C@@H]2O)cc(OC)c1O. The van der Waals surface area contributed by atoms with Gasteiger partial charge in [-0.05, 0) is 43.2 Å². The van der Waals surface area contributed by atoms with Gasteiger partial charge in [0, 0.05) is 0 Å². The van der Waals surface area contributed by atoms with Crippen LogP contribution in [0, 0.1) is 0 Å². The minimum Gasteiger partial charge on any atom is -0.504 e. The second-order valence-electron chi connectivity index (χ2n) is 13.1. The molecule has 3 aliphatic heterocycles. The maximum Gasteiger partial charge on any atom is 0.338 e. The summed E-state index contributed by atoms with van der Waals surface area (Å²) < 4.78 is 49.9. The van der Waals surface area contributed by atoms with Gasteiger partial charge >= 0.3 is 5.97 Å². The molecule has 3 saturated heterocycles. The van der Waals surface area contributed by atoms with Crippen molar-refractivity contribution >= 4 is 5.97 Å². The zero-order valence-electron chi connectivity index (χ0n) is 29.4. The third-order valence-corrected chi connectivity index (χ3v) is 9.37. The van der Waals surface area contributed by atoms with Gasteiger partial charge in [-0.1, -0.05) is 6.07 Å². The van der Waals surface area contributed by atoms with Crippen LogP contribution in [0.1, 0.15) is 22.8 Å². The molecule has 0 bridgehead atoms. The predicted molar refractivity (Wildman–Crippen MR) is 175 cm³/mol. The predicted octanol–water partition coefficient (Wildman–Crippen LogP) is -2.64. The quantitative estimate of drug-likeness (QED) is 0.0693. The molecule has 10 N–H and O–H groups in total. The van der Waals surface area contributed by atoms with E-state index < -0.39 is 105 Å². The van der Waals surface area contributed by atoms with Crippen LogP contribution in [-0.4, -0.2) is 177 Å². The van der Waals surface area contributed by atoms with E-state index >= 15 is 0 Å². The number of phenolic OH excluding ortho intramolecular Hbond substituents is 3. The molecule has 302 valence electrons. The molecule has 20 heteroatoms. The van der Waals surface area contributed by atoms with Gasteiger partial charge in [-0.2, -0.15) is 0 Å². The molecule has 1 unspecified atom stereocenters. The first-order valence-electron chi connectivity index (χ1n) is 16.8. The van der Waals surface area contributed by atoms with Crippen molar-refractivity contribution in [1.82, 2.24) is 0 Å². The van der Waals surface area contributed by atoms with E-state index in [1.54, 1.807) is 0 Å². The van der Waals surface area contributed by atoms with E-state index in [4.69, 9.17) is 42.6 Å². The van der Waals surface area contributed by atoms with Crippen LogP contribution in [0.4, 0.5) is 0 Å². The Kier molecular flexibility index (Phi) is 13.4. The van der Waals surface area contributed by atoms with Crippen LogP contribution in [0.2, 0.25) is 0 Å². The van der Waals surface area contributed by atoms with Gasteiger partial charge in [-0.25, -0.2) is 4.79 Å². The van der Waals surface area contributed by atoms with Crippen molar-refractivity contribution in [1.29, 1.82) is 0 Å². The molecule has 0 aromatic heterocycles. The highest BCUT2D eigenvalue weighted by Crippen LogP contribution is 2.38. The number of aromatic hydroxyl groups is 3. The largest absolute Gasteiger partial charge is 0.504 e. The molecule has 3 heterocycles. The summed E-state index contributed by atoms with van der Waals surface area (Å²) in [6.45, 7) is -0.947. The molecule has 2 aromatic carbocycles. The maximum atomic E-state index is 12.9. The lowest BCUT2D eigenvalue weighted by Crippen LogP contribution is -2.65. The first-order chi connectivity index (χ1) is 25.6. The molecular formula is C34H46O20. The Morgan fingerprint density at radius 3 is 2.13 bits per heavy atom. The first kappa shape index (κ1) is 41.6. The van der Waals surface area contributed by atoms with Crippen molar-refractivity contribution in [2.75, 3.05) is 40.6 Å².